The number of anilines is 1. The van der Waals surface area contributed by atoms with Gasteiger partial charge in [0.1, 0.15) is 16.9 Å². The van der Waals surface area contributed by atoms with Crippen molar-refractivity contribution in [3.05, 3.63) is 24.3 Å². The fourth-order valence-corrected chi connectivity index (χ4v) is 3.01. The summed E-state index contributed by atoms with van der Waals surface area (Å²) in [6, 6.07) is 7.69. The van der Waals surface area contributed by atoms with E-state index in [1.165, 1.54) is 6.92 Å². The van der Waals surface area contributed by atoms with Crippen LogP contribution in [0.1, 0.15) is 33.1 Å². The Morgan fingerprint density at radius 2 is 2.00 bits per heavy atom. The first-order valence-electron chi connectivity index (χ1n) is 7.60. The molecule has 0 amide bonds. The van der Waals surface area contributed by atoms with E-state index >= 15 is 0 Å². The van der Waals surface area contributed by atoms with Crippen LogP contribution in [0.4, 0.5) is 5.69 Å². The number of methoxy groups -OCH3 is 1. The van der Waals surface area contributed by atoms with Crippen LogP contribution in [0, 0.1) is 5.41 Å². The van der Waals surface area contributed by atoms with Crippen molar-refractivity contribution in [2.24, 2.45) is 5.41 Å². The van der Waals surface area contributed by atoms with Crippen LogP contribution in [0.5, 0.6) is 5.75 Å². The molecule has 0 radical (unpaired) electrons. The Balaban J connectivity index is 2.06. The van der Waals surface area contributed by atoms with Crippen molar-refractivity contribution >= 4 is 17.4 Å². The van der Waals surface area contributed by atoms with Gasteiger partial charge in [-0.1, -0.05) is 0 Å². The zero-order valence-corrected chi connectivity index (χ0v) is 13.3. The summed E-state index contributed by atoms with van der Waals surface area (Å²) in [5.41, 5.74) is -0.0332. The van der Waals surface area contributed by atoms with Gasteiger partial charge >= 0.3 is 5.97 Å². The predicted molar refractivity (Wildman–Crippen MR) is 84.0 cm³/mol. The monoisotopic (exact) mass is 305 g/mol. The molecule has 1 saturated carbocycles. The number of carbonyl (C=O) groups is 2. The largest absolute Gasteiger partial charge is 0.497 e. The van der Waals surface area contributed by atoms with E-state index in [-0.39, 0.29) is 17.8 Å². The van der Waals surface area contributed by atoms with Crippen LogP contribution in [0.2, 0.25) is 0 Å². The van der Waals surface area contributed by atoms with Crippen molar-refractivity contribution in [1.82, 2.24) is 0 Å². The quantitative estimate of drug-likeness (QED) is 0.647. The van der Waals surface area contributed by atoms with Gasteiger partial charge in [0.25, 0.3) is 0 Å². The Labute approximate surface area is 131 Å². The molecule has 22 heavy (non-hydrogen) atoms. The molecule has 1 N–H and O–H groups in total. The van der Waals surface area contributed by atoms with Gasteiger partial charge in [-0.05, 0) is 57.4 Å². The van der Waals surface area contributed by atoms with Gasteiger partial charge in [-0.25, -0.2) is 0 Å². The van der Waals surface area contributed by atoms with E-state index in [9.17, 15) is 9.59 Å². The highest BCUT2D eigenvalue weighted by molar-refractivity contribution is 6.03. The van der Waals surface area contributed by atoms with E-state index in [1.807, 2.05) is 24.3 Å². The smallest absolute Gasteiger partial charge is 0.319 e. The molecule has 0 aromatic heterocycles. The van der Waals surface area contributed by atoms with Crippen LogP contribution in [-0.4, -0.2) is 31.5 Å². The number of benzene rings is 1. The highest BCUT2D eigenvalue weighted by atomic mass is 16.5. The van der Waals surface area contributed by atoms with Gasteiger partial charge in [0, 0.05) is 11.7 Å². The lowest BCUT2D eigenvalue weighted by Gasteiger charge is -2.24. The summed E-state index contributed by atoms with van der Waals surface area (Å²) in [6.45, 7) is 3.53. The van der Waals surface area contributed by atoms with Gasteiger partial charge in [-0.15, -0.1) is 0 Å². The first kappa shape index (κ1) is 16.3. The molecule has 5 heteroatoms. The van der Waals surface area contributed by atoms with Crippen LogP contribution in [0.15, 0.2) is 24.3 Å². The third-order valence-electron chi connectivity index (χ3n) is 4.32. The molecule has 2 atom stereocenters. The summed E-state index contributed by atoms with van der Waals surface area (Å²) in [7, 11) is 1.62. The minimum absolute atomic E-state index is 0.0849. The molecule has 1 aromatic carbocycles. The Morgan fingerprint density at radius 1 is 1.32 bits per heavy atom. The van der Waals surface area contributed by atoms with Crippen molar-refractivity contribution in [2.45, 2.75) is 39.2 Å². The van der Waals surface area contributed by atoms with Crippen LogP contribution in [0.3, 0.4) is 0 Å². The number of nitrogens with one attached hydrogen (secondary N) is 1. The van der Waals surface area contributed by atoms with Crippen LogP contribution in [0.25, 0.3) is 0 Å². The summed E-state index contributed by atoms with van der Waals surface area (Å²) < 4.78 is 10.2. The number of esters is 1. The molecule has 0 heterocycles. The van der Waals surface area contributed by atoms with Gasteiger partial charge in [0.05, 0.1) is 13.7 Å². The molecule has 0 bridgehead atoms. The van der Waals surface area contributed by atoms with Gasteiger partial charge in [0.15, 0.2) is 0 Å². The van der Waals surface area contributed by atoms with Gasteiger partial charge in [0.2, 0.25) is 0 Å². The molecule has 0 saturated heterocycles. The van der Waals surface area contributed by atoms with Crippen molar-refractivity contribution in [3.8, 4) is 5.75 Å². The summed E-state index contributed by atoms with van der Waals surface area (Å²) in [5.74, 6) is 0.299. The second kappa shape index (κ2) is 6.81. The van der Waals surface area contributed by atoms with Crippen molar-refractivity contribution in [3.63, 3.8) is 0 Å². The van der Waals surface area contributed by atoms with Crippen LogP contribution >= 0.6 is 0 Å². The molecule has 120 valence electrons. The number of Topliss-reactive ketones (excluding diaryl/α,β-unsaturated/α-hetero) is 1. The first-order chi connectivity index (χ1) is 10.5. The van der Waals surface area contributed by atoms with E-state index in [0.717, 1.165) is 17.9 Å². The van der Waals surface area contributed by atoms with E-state index in [0.29, 0.717) is 19.4 Å². The summed E-state index contributed by atoms with van der Waals surface area (Å²) >= 11 is 0. The standard InChI is InChI=1S/C17H23NO4/c1-4-22-16(20)17(12(2)19)10-9-14(11-17)18-13-5-7-15(21-3)8-6-13/h5-8,14,18H,4,9-11H2,1-3H3. The van der Waals surface area contributed by atoms with Gasteiger partial charge < -0.3 is 14.8 Å². The zero-order chi connectivity index (χ0) is 16.2. The Kier molecular flexibility index (Phi) is 5.06. The summed E-state index contributed by atoms with van der Waals surface area (Å²) in [4.78, 5) is 24.2. The SMILES string of the molecule is CCOC(=O)C1(C(C)=O)CCC(Nc2ccc(OC)cc2)C1. The van der Waals surface area contributed by atoms with E-state index < -0.39 is 5.41 Å². The number of ketones is 1. The van der Waals surface area contributed by atoms with Crippen LogP contribution in [-0.2, 0) is 14.3 Å². The molecule has 0 spiro atoms. The second-order valence-electron chi connectivity index (χ2n) is 5.67. The fourth-order valence-electron chi connectivity index (χ4n) is 3.01. The summed E-state index contributed by atoms with van der Waals surface area (Å²) in [6.07, 6.45) is 1.78. The normalized spacial score (nSPS) is 23.9. The minimum atomic E-state index is -0.986. The first-order valence-corrected chi connectivity index (χ1v) is 7.60. The van der Waals surface area contributed by atoms with E-state index in [1.54, 1.807) is 14.0 Å². The lowest BCUT2D eigenvalue weighted by atomic mass is 9.82. The fraction of sp³-hybridized carbons (Fsp3) is 0.529. The number of hydrogen-bond donors (Lipinski definition) is 1. The molecule has 5 nitrogen and oxygen atoms in total. The van der Waals surface area contributed by atoms with Crippen molar-refractivity contribution in [2.75, 3.05) is 19.0 Å². The third-order valence-corrected chi connectivity index (χ3v) is 4.32. The Bertz CT molecular complexity index is 540. The molecule has 0 aliphatic heterocycles. The maximum absolute atomic E-state index is 12.2. The Morgan fingerprint density at radius 3 is 2.55 bits per heavy atom. The van der Waals surface area contributed by atoms with Crippen LogP contribution < -0.4 is 10.1 Å². The molecular formula is C17H23NO4. The lowest BCUT2D eigenvalue weighted by Crippen LogP contribution is -2.38. The number of carbonyl (C=O) groups excluding carboxylic acids is 2. The maximum atomic E-state index is 12.2. The molecule has 1 aromatic rings. The Hall–Kier alpha value is -2.04. The zero-order valence-electron chi connectivity index (χ0n) is 13.3. The predicted octanol–water partition coefficient (Wildman–Crippen LogP) is 2.80. The highest BCUT2D eigenvalue weighted by Gasteiger charge is 2.50. The van der Waals surface area contributed by atoms with Gasteiger partial charge in [-0.2, -0.15) is 0 Å². The second-order valence-corrected chi connectivity index (χ2v) is 5.67. The minimum Gasteiger partial charge on any atom is -0.497 e. The van der Waals surface area contributed by atoms with Gasteiger partial charge in [-0.3, -0.25) is 9.59 Å². The molecule has 2 unspecified atom stereocenters. The number of rotatable bonds is 6. The molecule has 1 aliphatic carbocycles. The molecule has 1 aliphatic rings. The molecule has 1 fully saturated rings. The average Bonchev–Trinajstić information content (AvgIpc) is 2.94. The number of hydrogen-bond acceptors (Lipinski definition) is 5. The van der Waals surface area contributed by atoms with Crippen molar-refractivity contribution < 1.29 is 19.1 Å². The number of ether oxygens (including phenoxy) is 2. The summed E-state index contributed by atoms with van der Waals surface area (Å²) in [5, 5.41) is 3.38. The molecular weight excluding hydrogens is 282 g/mol. The highest BCUT2D eigenvalue weighted by Crippen LogP contribution is 2.41. The maximum Gasteiger partial charge on any atom is 0.319 e. The van der Waals surface area contributed by atoms with E-state index in [2.05, 4.69) is 5.32 Å². The average molecular weight is 305 g/mol. The van der Waals surface area contributed by atoms with Crippen molar-refractivity contribution in [1.29, 1.82) is 0 Å². The van der Waals surface area contributed by atoms with E-state index in [4.69, 9.17) is 9.47 Å². The third kappa shape index (κ3) is 3.24. The topological polar surface area (TPSA) is 64.6 Å². The lowest BCUT2D eigenvalue weighted by molar-refractivity contribution is -0.159. The molecule has 2 rings (SSSR count).